The number of rotatable bonds is 9. The predicted octanol–water partition coefficient (Wildman–Crippen LogP) is 6.62. The van der Waals surface area contributed by atoms with Crippen LogP contribution in [0.4, 0.5) is 4.79 Å². The van der Waals surface area contributed by atoms with Crippen LogP contribution in [0.2, 0.25) is 0 Å². The molecule has 0 aliphatic heterocycles. The van der Waals surface area contributed by atoms with Gasteiger partial charge in [-0.3, -0.25) is 0 Å². The van der Waals surface area contributed by atoms with Gasteiger partial charge in [0, 0.05) is 13.1 Å². The molecule has 178 valence electrons. The SMILES string of the molecule is COc1ccc(/C(=C(/CCNC(=O)NCC2=CCCC=C2)c2ccccc2)c2ccccc2)cc1. The maximum Gasteiger partial charge on any atom is 0.315 e. The number of carbonyl (C=O) groups is 1. The number of nitrogens with one attached hydrogen (secondary N) is 2. The summed E-state index contributed by atoms with van der Waals surface area (Å²) in [7, 11) is 1.68. The molecule has 3 aromatic rings. The monoisotopic (exact) mass is 464 g/mol. The van der Waals surface area contributed by atoms with Gasteiger partial charge >= 0.3 is 6.03 Å². The van der Waals surface area contributed by atoms with E-state index in [2.05, 4.69) is 89.5 Å². The van der Waals surface area contributed by atoms with Crippen LogP contribution in [0.1, 0.15) is 36.0 Å². The minimum Gasteiger partial charge on any atom is -0.497 e. The first-order chi connectivity index (χ1) is 17.2. The van der Waals surface area contributed by atoms with Crippen molar-refractivity contribution in [1.29, 1.82) is 0 Å². The van der Waals surface area contributed by atoms with E-state index in [1.165, 1.54) is 5.57 Å². The highest BCUT2D eigenvalue weighted by Crippen LogP contribution is 2.34. The van der Waals surface area contributed by atoms with Crippen molar-refractivity contribution in [1.82, 2.24) is 10.6 Å². The van der Waals surface area contributed by atoms with Crippen LogP contribution < -0.4 is 15.4 Å². The van der Waals surface area contributed by atoms with Crippen LogP contribution in [0.3, 0.4) is 0 Å². The van der Waals surface area contributed by atoms with Crippen molar-refractivity contribution < 1.29 is 9.53 Å². The van der Waals surface area contributed by atoms with Crippen LogP contribution >= 0.6 is 0 Å². The summed E-state index contributed by atoms with van der Waals surface area (Å²) in [6, 6.07) is 28.8. The van der Waals surface area contributed by atoms with E-state index < -0.39 is 0 Å². The van der Waals surface area contributed by atoms with Gasteiger partial charge in [-0.25, -0.2) is 4.79 Å². The number of ether oxygens (including phenoxy) is 1. The summed E-state index contributed by atoms with van der Waals surface area (Å²) in [4.78, 5) is 12.5. The second-order valence-electron chi connectivity index (χ2n) is 8.43. The number of allylic oxidation sites excluding steroid dienone is 2. The van der Waals surface area contributed by atoms with Gasteiger partial charge in [-0.2, -0.15) is 0 Å². The average Bonchev–Trinajstić information content (AvgIpc) is 2.93. The molecule has 1 aliphatic carbocycles. The molecule has 0 saturated carbocycles. The molecule has 0 fully saturated rings. The van der Waals surface area contributed by atoms with E-state index in [0.717, 1.165) is 46.4 Å². The molecule has 1 aliphatic rings. The fraction of sp³-hybridized carbons (Fsp3) is 0.194. The smallest absolute Gasteiger partial charge is 0.315 e. The number of carbonyl (C=O) groups excluding carboxylic acids is 1. The lowest BCUT2D eigenvalue weighted by atomic mass is 9.88. The third kappa shape index (κ3) is 6.73. The quantitative estimate of drug-likeness (QED) is 0.350. The number of methoxy groups -OCH3 is 1. The van der Waals surface area contributed by atoms with Crippen molar-refractivity contribution in [3.8, 4) is 5.75 Å². The van der Waals surface area contributed by atoms with Crippen LogP contribution in [0, 0.1) is 0 Å². The van der Waals surface area contributed by atoms with Crippen molar-refractivity contribution >= 4 is 17.2 Å². The summed E-state index contributed by atoms with van der Waals surface area (Å²) in [6.07, 6.45) is 9.21. The van der Waals surface area contributed by atoms with Gasteiger partial charge < -0.3 is 15.4 Å². The zero-order valence-corrected chi connectivity index (χ0v) is 20.2. The maximum atomic E-state index is 12.5. The molecular formula is C31H32N2O2. The second-order valence-corrected chi connectivity index (χ2v) is 8.43. The Morgan fingerprint density at radius 2 is 1.46 bits per heavy atom. The summed E-state index contributed by atoms with van der Waals surface area (Å²) in [6.45, 7) is 1.07. The average molecular weight is 465 g/mol. The molecule has 0 unspecified atom stereocenters. The van der Waals surface area contributed by atoms with Crippen molar-refractivity contribution in [2.75, 3.05) is 20.2 Å². The third-order valence-electron chi connectivity index (χ3n) is 6.05. The van der Waals surface area contributed by atoms with Gasteiger partial charge in [-0.15, -0.1) is 0 Å². The summed E-state index contributed by atoms with van der Waals surface area (Å²) >= 11 is 0. The zero-order chi connectivity index (χ0) is 24.3. The van der Waals surface area contributed by atoms with E-state index >= 15 is 0 Å². The lowest BCUT2D eigenvalue weighted by Gasteiger charge is -2.18. The minimum absolute atomic E-state index is 0.150. The molecule has 0 saturated heterocycles. The molecule has 35 heavy (non-hydrogen) atoms. The molecule has 3 aromatic carbocycles. The lowest BCUT2D eigenvalue weighted by molar-refractivity contribution is 0.242. The largest absolute Gasteiger partial charge is 0.497 e. The molecule has 2 amide bonds. The van der Waals surface area contributed by atoms with Crippen molar-refractivity contribution in [3.63, 3.8) is 0 Å². The van der Waals surface area contributed by atoms with E-state index in [-0.39, 0.29) is 6.03 Å². The van der Waals surface area contributed by atoms with Gasteiger partial charge in [-0.1, -0.05) is 91.0 Å². The van der Waals surface area contributed by atoms with Gasteiger partial charge in [0.2, 0.25) is 0 Å². The van der Waals surface area contributed by atoms with Crippen molar-refractivity contribution in [3.05, 3.63) is 125 Å². The number of urea groups is 1. The van der Waals surface area contributed by atoms with Gasteiger partial charge in [0.05, 0.1) is 7.11 Å². The molecule has 0 atom stereocenters. The van der Waals surface area contributed by atoms with Gasteiger partial charge in [0.15, 0.2) is 0 Å². The Morgan fingerprint density at radius 3 is 2.09 bits per heavy atom. The first kappa shape index (κ1) is 24.1. The number of hydrogen-bond acceptors (Lipinski definition) is 2. The molecule has 0 heterocycles. The molecule has 4 rings (SSSR count). The topological polar surface area (TPSA) is 50.4 Å². The number of amides is 2. The van der Waals surface area contributed by atoms with Crippen LogP contribution in [0.5, 0.6) is 5.75 Å². The maximum absolute atomic E-state index is 12.5. The Kier molecular flexibility index (Phi) is 8.55. The Balaban J connectivity index is 1.59. The Bertz CT molecular complexity index is 1190. The van der Waals surface area contributed by atoms with E-state index in [1.54, 1.807) is 7.11 Å². The minimum atomic E-state index is -0.150. The van der Waals surface area contributed by atoms with E-state index in [4.69, 9.17) is 4.74 Å². The molecule has 0 radical (unpaired) electrons. The predicted molar refractivity (Wildman–Crippen MR) is 144 cm³/mol. The molecule has 4 nitrogen and oxygen atoms in total. The van der Waals surface area contributed by atoms with Gasteiger partial charge in [0.1, 0.15) is 5.75 Å². The van der Waals surface area contributed by atoms with Gasteiger partial charge in [0.25, 0.3) is 0 Å². The molecular weight excluding hydrogens is 432 g/mol. The Hall–Kier alpha value is -4.05. The summed E-state index contributed by atoms with van der Waals surface area (Å²) in [5, 5.41) is 6.01. The van der Waals surface area contributed by atoms with E-state index in [9.17, 15) is 4.79 Å². The first-order valence-corrected chi connectivity index (χ1v) is 12.1. The van der Waals surface area contributed by atoms with E-state index in [1.807, 2.05) is 24.3 Å². The van der Waals surface area contributed by atoms with Crippen LogP contribution in [0.15, 0.2) is 109 Å². The van der Waals surface area contributed by atoms with Crippen LogP contribution in [0.25, 0.3) is 11.1 Å². The standard InChI is InChI=1S/C31H32N2O2/c1-35-28-19-17-27(18-20-28)30(26-15-9-4-10-16-26)29(25-13-7-3-8-14-25)21-22-32-31(34)33-23-24-11-5-2-6-12-24/h3-5,7-20H,2,6,21-23H2,1H3,(H2,32,33,34)/b30-29-. The summed E-state index contributed by atoms with van der Waals surface area (Å²) < 4.78 is 5.38. The summed E-state index contributed by atoms with van der Waals surface area (Å²) in [5.41, 5.74) is 6.87. The second kappa shape index (κ2) is 12.4. The first-order valence-electron chi connectivity index (χ1n) is 12.1. The summed E-state index contributed by atoms with van der Waals surface area (Å²) in [5.74, 6) is 0.823. The molecule has 0 spiro atoms. The van der Waals surface area contributed by atoms with Crippen molar-refractivity contribution in [2.45, 2.75) is 19.3 Å². The third-order valence-corrected chi connectivity index (χ3v) is 6.05. The van der Waals surface area contributed by atoms with Crippen LogP contribution in [-0.4, -0.2) is 26.2 Å². The highest BCUT2D eigenvalue weighted by atomic mass is 16.5. The zero-order valence-electron chi connectivity index (χ0n) is 20.2. The molecule has 2 N–H and O–H groups in total. The number of benzene rings is 3. The van der Waals surface area contributed by atoms with Crippen molar-refractivity contribution in [2.24, 2.45) is 0 Å². The van der Waals surface area contributed by atoms with E-state index in [0.29, 0.717) is 19.5 Å². The highest BCUT2D eigenvalue weighted by molar-refractivity contribution is 5.98. The Labute approximate surface area is 208 Å². The Morgan fingerprint density at radius 1 is 0.800 bits per heavy atom. The normalized spacial score (nSPS) is 13.5. The molecule has 0 aromatic heterocycles. The highest BCUT2D eigenvalue weighted by Gasteiger charge is 2.15. The van der Waals surface area contributed by atoms with Crippen LogP contribution in [-0.2, 0) is 0 Å². The fourth-order valence-corrected chi connectivity index (χ4v) is 4.28. The fourth-order valence-electron chi connectivity index (χ4n) is 4.28. The molecule has 4 heteroatoms. The van der Waals surface area contributed by atoms with Gasteiger partial charge in [-0.05, 0) is 64.8 Å². The number of hydrogen-bond donors (Lipinski definition) is 2. The lowest BCUT2D eigenvalue weighted by Crippen LogP contribution is -2.37. The molecule has 0 bridgehead atoms.